The number of carboxylic acid groups (broad SMARTS) is 2. The Kier molecular flexibility index (Phi) is 11.1. The van der Waals surface area contributed by atoms with Crippen LogP contribution in [0.15, 0.2) is 0 Å². The summed E-state index contributed by atoms with van der Waals surface area (Å²) in [7, 11) is 0. The van der Waals surface area contributed by atoms with E-state index in [1.165, 1.54) is 20.8 Å². The quantitative estimate of drug-likeness (QED) is 0.256. The third kappa shape index (κ3) is 10.6. The normalized spacial score (nSPS) is 14.7. The summed E-state index contributed by atoms with van der Waals surface area (Å²) in [5.41, 5.74) is 3.97. The fourth-order valence-corrected chi connectivity index (χ4v) is 1.04. The maximum atomic E-state index is 11.3. The zero-order valence-corrected chi connectivity index (χ0v) is 13.4. The minimum absolute atomic E-state index is 0.0350. The third-order valence-electron chi connectivity index (χ3n) is 2.84. The third-order valence-corrected chi connectivity index (χ3v) is 2.84. The van der Waals surface area contributed by atoms with Crippen LogP contribution in [-0.4, -0.2) is 74.8 Å². The van der Waals surface area contributed by atoms with Crippen molar-refractivity contribution in [1.82, 2.24) is 5.32 Å². The number of hydrogen-bond acceptors (Lipinski definition) is 7. The van der Waals surface area contributed by atoms with Gasteiger partial charge in [-0.25, -0.2) is 0 Å². The predicted molar refractivity (Wildman–Crippen MR) is 79.4 cm³/mol. The van der Waals surface area contributed by atoms with E-state index < -0.39 is 41.5 Å². The maximum Gasteiger partial charge on any atom is 0.323 e. The molecule has 0 bridgehead atoms. The second-order valence-corrected chi connectivity index (χ2v) is 5.59. The number of carbonyl (C=O) groups excluding carboxylic acids is 1. The lowest BCUT2D eigenvalue weighted by Gasteiger charge is -2.26. The molecule has 10 heteroatoms. The first-order valence-corrected chi connectivity index (χ1v) is 6.81. The molecule has 0 aromatic carbocycles. The van der Waals surface area contributed by atoms with Gasteiger partial charge in [0.2, 0.25) is 5.91 Å². The van der Waals surface area contributed by atoms with Crippen molar-refractivity contribution in [2.45, 2.75) is 45.4 Å². The van der Waals surface area contributed by atoms with Gasteiger partial charge in [-0.1, -0.05) is 13.8 Å². The monoisotopic (exact) mass is 338 g/mol. The van der Waals surface area contributed by atoms with Crippen molar-refractivity contribution in [2.24, 2.45) is 11.1 Å². The highest BCUT2D eigenvalue weighted by Crippen LogP contribution is 2.19. The zero-order chi connectivity index (χ0) is 18.8. The molecule has 0 fully saturated rings. The van der Waals surface area contributed by atoms with Gasteiger partial charge in [0.15, 0.2) is 0 Å². The average Bonchev–Trinajstić information content (AvgIpc) is 2.45. The summed E-state index contributed by atoms with van der Waals surface area (Å²) in [5, 5.41) is 45.5. The fraction of sp³-hybridized carbons (Fsp3) is 0.769. The molecule has 0 aromatic rings. The first-order chi connectivity index (χ1) is 10.4. The van der Waals surface area contributed by atoms with Crippen molar-refractivity contribution in [3.63, 3.8) is 0 Å². The molecule has 0 aliphatic carbocycles. The van der Waals surface area contributed by atoms with E-state index in [-0.39, 0.29) is 19.6 Å². The Morgan fingerprint density at radius 1 is 1.17 bits per heavy atom. The topological polar surface area (TPSA) is 190 Å². The first-order valence-electron chi connectivity index (χ1n) is 6.81. The van der Waals surface area contributed by atoms with Crippen LogP contribution in [0.5, 0.6) is 0 Å². The van der Waals surface area contributed by atoms with Crippen LogP contribution in [-0.2, 0) is 14.4 Å². The van der Waals surface area contributed by atoms with E-state index in [0.29, 0.717) is 0 Å². The summed E-state index contributed by atoms with van der Waals surface area (Å²) in [6, 6.07) is -1.16. The molecule has 136 valence electrons. The van der Waals surface area contributed by atoms with Crippen molar-refractivity contribution >= 4 is 17.8 Å². The van der Waals surface area contributed by atoms with E-state index in [4.69, 9.17) is 26.2 Å². The van der Waals surface area contributed by atoms with Gasteiger partial charge in [-0.2, -0.15) is 0 Å². The molecule has 10 nitrogen and oxygen atoms in total. The number of amides is 1. The van der Waals surface area contributed by atoms with Gasteiger partial charge in [-0.15, -0.1) is 0 Å². The molecule has 1 amide bonds. The molecule has 0 radical (unpaired) electrons. The number of carbonyl (C=O) groups is 3. The lowest BCUT2D eigenvalue weighted by atomic mass is 9.87. The van der Waals surface area contributed by atoms with Crippen LogP contribution >= 0.6 is 0 Å². The number of aliphatic carboxylic acids is 2. The molecule has 0 saturated carbocycles. The fourth-order valence-electron chi connectivity index (χ4n) is 1.04. The number of nitrogens with two attached hydrogens (primary N) is 1. The Morgan fingerprint density at radius 2 is 1.65 bits per heavy atom. The summed E-state index contributed by atoms with van der Waals surface area (Å²) in [5.74, 6) is -2.87. The smallest absolute Gasteiger partial charge is 0.323 e. The van der Waals surface area contributed by atoms with Gasteiger partial charge in [0.25, 0.3) is 0 Å². The molecular formula is C13H26N2O8. The Bertz CT molecular complexity index is 397. The van der Waals surface area contributed by atoms with E-state index in [0.717, 1.165) is 0 Å². The molecule has 0 spiro atoms. The van der Waals surface area contributed by atoms with Gasteiger partial charge in [-0.3, -0.25) is 14.4 Å². The van der Waals surface area contributed by atoms with Crippen LogP contribution in [0.3, 0.4) is 0 Å². The van der Waals surface area contributed by atoms with Crippen LogP contribution in [0.1, 0.15) is 27.2 Å². The van der Waals surface area contributed by atoms with Gasteiger partial charge >= 0.3 is 11.9 Å². The van der Waals surface area contributed by atoms with Crippen molar-refractivity contribution in [3.8, 4) is 0 Å². The Labute approximate surface area is 133 Å². The van der Waals surface area contributed by atoms with E-state index in [1.807, 2.05) is 0 Å². The Morgan fingerprint density at radius 3 is 1.91 bits per heavy atom. The molecule has 8 N–H and O–H groups in total. The summed E-state index contributed by atoms with van der Waals surface area (Å²) < 4.78 is 0. The summed E-state index contributed by atoms with van der Waals surface area (Å²) in [4.78, 5) is 31.3. The standard InChI is InChI=1S/C9H17NO5.C4H9NO3/c1-9(2,5-11)7(14)8(15)10-4-3-6(12)13;1-2(6)3(5)4(7)8/h7,11,14H,3-5H2,1-2H3,(H,10,15)(H,12,13);2-3,6H,5H2,1H3,(H,7,8)/t7-;/m0./s1. The van der Waals surface area contributed by atoms with Crippen LogP contribution in [0.4, 0.5) is 0 Å². The molecule has 2 unspecified atom stereocenters. The molecule has 0 heterocycles. The molecule has 3 atom stereocenters. The number of aliphatic hydroxyl groups excluding tert-OH is 3. The van der Waals surface area contributed by atoms with Crippen LogP contribution in [0.2, 0.25) is 0 Å². The van der Waals surface area contributed by atoms with Crippen molar-refractivity contribution < 1.29 is 39.9 Å². The molecule has 0 rings (SSSR count). The van der Waals surface area contributed by atoms with E-state index in [9.17, 15) is 19.5 Å². The number of nitrogens with one attached hydrogen (secondary N) is 1. The van der Waals surface area contributed by atoms with Gasteiger partial charge in [0, 0.05) is 12.0 Å². The highest BCUT2D eigenvalue weighted by molar-refractivity contribution is 5.81. The lowest BCUT2D eigenvalue weighted by molar-refractivity contribution is -0.141. The second-order valence-electron chi connectivity index (χ2n) is 5.59. The zero-order valence-electron chi connectivity index (χ0n) is 13.4. The SMILES string of the molecule is CC(C)(CO)[C@@H](O)C(=O)NCCC(=O)O.CC(O)C(N)C(=O)O. The van der Waals surface area contributed by atoms with Crippen LogP contribution in [0.25, 0.3) is 0 Å². The van der Waals surface area contributed by atoms with Crippen LogP contribution < -0.4 is 11.1 Å². The van der Waals surface area contributed by atoms with Gasteiger partial charge in [0.05, 0.1) is 19.1 Å². The summed E-state index contributed by atoms with van der Waals surface area (Å²) >= 11 is 0. The summed E-state index contributed by atoms with van der Waals surface area (Å²) in [6.07, 6.45) is -2.53. The molecule has 0 saturated heterocycles. The van der Waals surface area contributed by atoms with E-state index >= 15 is 0 Å². The largest absolute Gasteiger partial charge is 0.481 e. The average molecular weight is 338 g/mol. The van der Waals surface area contributed by atoms with Crippen molar-refractivity contribution in [1.29, 1.82) is 0 Å². The van der Waals surface area contributed by atoms with Gasteiger partial charge in [-0.05, 0) is 6.92 Å². The summed E-state index contributed by atoms with van der Waals surface area (Å²) in [6.45, 7) is 4.04. The Hall–Kier alpha value is -1.75. The minimum atomic E-state index is -1.35. The van der Waals surface area contributed by atoms with Gasteiger partial charge in [0.1, 0.15) is 12.1 Å². The number of rotatable bonds is 8. The number of aliphatic hydroxyl groups is 3. The van der Waals surface area contributed by atoms with E-state index in [1.54, 1.807) is 0 Å². The highest BCUT2D eigenvalue weighted by Gasteiger charge is 2.32. The minimum Gasteiger partial charge on any atom is -0.481 e. The first kappa shape index (κ1) is 23.5. The second kappa shape index (κ2) is 10.9. The lowest BCUT2D eigenvalue weighted by Crippen LogP contribution is -2.45. The maximum absolute atomic E-state index is 11.3. The molecule has 0 aromatic heterocycles. The van der Waals surface area contributed by atoms with Crippen LogP contribution in [0, 0.1) is 5.41 Å². The number of hydrogen-bond donors (Lipinski definition) is 7. The number of carboxylic acids is 2. The van der Waals surface area contributed by atoms with Crippen molar-refractivity contribution in [3.05, 3.63) is 0 Å². The molecular weight excluding hydrogens is 312 g/mol. The van der Waals surface area contributed by atoms with E-state index in [2.05, 4.69) is 5.32 Å². The van der Waals surface area contributed by atoms with Crippen molar-refractivity contribution in [2.75, 3.05) is 13.2 Å². The molecule has 23 heavy (non-hydrogen) atoms. The Balaban J connectivity index is 0. The predicted octanol–water partition coefficient (Wildman–Crippen LogP) is -2.26. The highest BCUT2D eigenvalue weighted by atomic mass is 16.4. The van der Waals surface area contributed by atoms with Gasteiger partial charge < -0.3 is 36.6 Å². The molecule has 0 aliphatic rings. The molecule has 0 aliphatic heterocycles.